The number of aromatic nitrogens is 1. The molecule has 0 fully saturated rings. The average Bonchev–Trinajstić information content (AvgIpc) is 2.81. The van der Waals surface area contributed by atoms with Gasteiger partial charge in [-0.05, 0) is 61.4 Å². The van der Waals surface area contributed by atoms with Crippen LogP contribution < -0.4 is 15.4 Å². The van der Waals surface area contributed by atoms with Crippen LogP contribution in [0.2, 0.25) is 0 Å². The molecule has 0 saturated carbocycles. The molecule has 1 aliphatic rings. The first-order chi connectivity index (χ1) is 15.9. The number of hydrogen-bond acceptors (Lipinski definition) is 4. The number of rotatable bonds is 6. The van der Waals surface area contributed by atoms with E-state index in [-0.39, 0.29) is 41.6 Å². The number of hydrogen-bond donors (Lipinski definition) is 2. The van der Waals surface area contributed by atoms with Crippen LogP contribution in [-0.2, 0) is 11.2 Å². The average molecular weight is 451 g/mol. The Balaban J connectivity index is 1.51. The molecule has 0 bridgehead atoms. The number of nitrogens with zero attached hydrogens (tertiary/aromatic N) is 1. The number of ether oxygens (including phenoxy) is 1. The van der Waals surface area contributed by atoms with Crippen LogP contribution in [0.4, 0.5) is 14.5 Å². The molecule has 8 heteroatoms. The second kappa shape index (κ2) is 9.77. The molecule has 3 aromatic rings. The van der Waals surface area contributed by atoms with Gasteiger partial charge in [0.2, 0.25) is 5.91 Å². The molecular formula is C25H23F2N3O3. The van der Waals surface area contributed by atoms with Crippen molar-refractivity contribution in [2.24, 2.45) is 0 Å². The predicted octanol–water partition coefficient (Wildman–Crippen LogP) is 4.49. The fourth-order valence-electron chi connectivity index (χ4n) is 3.78. The standard InChI is InChI=1S/C25H23F2N3O3/c1-15-14-17(5-8-19(15)26)29-25(32)18-7-9-20(27)23-21(11-13-33-24(18)23)30-22(31)10-6-16-4-2-3-12-28-16/h2-5,7-9,12,14,21H,6,10-11,13H2,1H3,(H,29,32)(H,30,31)/t21-/m0/s1. The van der Waals surface area contributed by atoms with Crippen molar-refractivity contribution < 1.29 is 23.1 Å². The van der Waals surface area contributed by atoms with Gasteiger partial charge in [0.05, 0.1) is 23.8 Å². The van der Waals surface area contributed by atoms with Gasteiger partial charge in [-0.15, -0.1) is 0 Å². The van der Waals surface area contributed by atoms with Crippen molar-refractivity contribution in [2.75, 3.05) is 11.9 Å². The number of aryl methyl sites for hydroxylation is 2. The molecule has 1 atom stereocenters. The summed E-state index contributed by atoms with van der Waals surface area (Å²) < 4.78 is 33.9. The van der Waals surface area contributed by atoms with E-state index in [9.17, 15) is 18.4 Å². The van der Waals surface area contributed by atoms with Gasteiger partial charge in [-0.3, -0.25) is 14.6 Å². The molecule has 1 aliphatic heterocycles. The van der Waals surface area contributed by atoms with Gasteiger partial charge in [-0.2, -0.15) is 0 Å². The number of fused-ring (bicyclic) bond motifs is 1. The van der Waals surface area contributed by atoms with Gasteiger partial charge in [0, 0.05) is 30.4 Å². The van der Waals surface area contributed by atoms with Gasteiger partial charge in [0.15, 0.2) is 0 Å². The van der Waals surface area contributed by atoms with Crippen LogP contribution in [0.25, 0.3) is 0 Å². The second-order valence-corrected chi connectivity index (χ2v) is 7.83. The van der Waals surface area contributed by atoms with Crippen LogP contribution in [0.15, 0.2) is 54.7 Å². The lowest BCUT2D eigenvalue weighted by Crippen LogP contribution is -2.33. The number of carbonyl (C=O) groups is 2. The minimum absolute atomic E-state index is 0.104. The monoisotopic (exact) mass is 451 g/mol. The Kier molecular flexibility index (Phi) is 6.63. The third-order valence-electron chi connectivity index (χ3n) is 5.47. The first kappa shape index (κ1) is 22.4. The number of anilines is 1. The van der Waals surface area contributed by atoms with Crippen LogP contribution in [-0.4, -0.2) is 23.4 Å². The molecule has 170 valence electrons. The van der Waals surface area contributed by atoms with Gasteiger partial charge in [0.25, 0.3) is 5.91 Å². The molecule has 0 unspecified atom stereocenters. The Morgan fingerprint density at radius 2 is 1.94 bits per heavy atom. The molecule has 0 radical (unpaired) electrons. The maximum Gasteiger partial charge on any atom is 0.259 e. The van der Waals surface area contributed by atoms with Crippen LogP contribution in [0, 0.1) is 18.6 Å². The van der Waals surface area contributed by atoms with Gasteiger partial charge >= 0.3 is 0 Å². The zero-order valence-electron chi connectivity index (χ0n) is 18.0. The first-order valence-corrected chi connectivity index (χ1v) is 10.6. The Morgan fingerprint density at radius 3 is 2.70 bits per heavy atom. The third-order valence-corrected chi connectivity index (χ3v) is 5.47. The minimum atomic E-state index is -0.620. The minimum Gasteiger partial charge on any atom is -0.492 e. The van der Waals surface area contributed by atoms with Crippen molar-refractivity contribution in [3.63, 3.8) is 0 Å². The molecule has 2 heterocycles. The molecule has 0 spiro atoms. The van der Waals surface area contributed by atoms with Gasteiger partial charge in [-0.1, -0.05) is 6.07 Å². The van der Waals surface area contributed by atoms with E-state index in [1.54, 1.807) is 19.2 Å². The summed E-state index contributed by atoms with van der Waals surface area (Å²) in [4.78, 5) is 29.6. The highest BCUT2D eigenvalue weighted by atomic mass is 19.1. The van der Waals surface area contributed by atoms with Gasteiger partial charge in [-0.25, -0.2) is 8.78 Å². The Bertz CT molecular complexity index is 1190. The van der Waals surface area contributed by atoms with E-state index < -0.39 is 17.8 Å². The summed E-state index contributed by atoms with van der Waals surface area (Å²) in [6.45, 7) is 1.81. The Labute approximate surface area is 190 Å². The first-order valence-electron chi connectivity index (χ1n) is 10.6. The fraction of sp³-hybridized carbons (Fsp3) is 0.240. The summed E-state index contributed by atoms with van der Waals surface area (Å²) in [5, 5.41) is 5.54. The Morgan fingerprint density at radius 1 is 1.12 bits per heavy atom. The van der Waals surface area contributed by atoms with Crippen LogP contribution in [0.5, 0.6) is 5.75 Å². The summed E-state index contributed by atoms with van der Waals surface area (Å²) in [5.41, 5.74) is 1.88. The predicted molar refractivity (Wildman–Crippen MR) is 119 cm³/mol. The zero-order valence-corrected chi connectivity index (χ0v) is 18.0. The molecule has 2 amide bonds. The molecule has 2 aromatic carbocycles. The topological polar surface area (TPSA) is 80.3 Å². The molecule has 0 saturated heterocycles. The summed E-state index contributed by atoms with van der Waals surface area (Å²) in [6, 6.07) is 11.6. The highest BCUT2D eigenvalue weighted by Gasteiger charge is 2.30. The number of pyridine rings is 1. The van der Waals surface area contributed by atoms with Crippen LogP contribution in [0.3, 0.4) is 0 Å². The quantitative estimate of drug-likeness (QED) is 0.579. The molecule has 4 rings (SSSR count). The number of carbonyl (C=O) groups excluding carboxylic acids is 2. The molecule has 6 nitrogen and oxygen atoms in total. The summed E-state index contributed by atoms with van der Waals surface area (Å²) in [5.74, 6) is -1.59. The van der Waals surface area contributed by atoms with Crippen molar-refractivity contribution in [2.45, 2.75) is 32.2 Å². The van der Waals surface area contributed by atoms with Gasteiger partial charge < -0.3 is 15.4 Å². The van der Waals surface area contributed by atoms with E-state index in [0.717, 1.165) is 5.69 Å². The third kappa shape index (κ3) is 5.16. The lowest BCUT2D eigenvalue weighted by molar-refractivity contribution is -0.122. The zero-order chi connectivity index (χ0) is 23.4. The second-order valence-electron chi connectivity index (χ2n) is 7.83. The van der Waals surface area contributed by atoms with Crippen LogP contribution >= 0.6 is 0 Å². The van der Waals surface area contributed by atoms with E-state index in [1.165, 1.54) is 30.3 Å². The van der Waals surface area contributed by atoms with E-state index in [0.29, 0.717) is 24.1 Å². The van der Waals surface area contributed by atoms with Crippen molar-refractivity contribution in [1.29, 1.82) is 0 Å². The van der Waals surface area contributed by atoms with E-state index in [1.807, 2.05) is 12.1 Å². The normalized spacial score (nSPS) is 14.7. The maximum absolute atomic E-state index is 14.8. The fourth-order valence-corrected chi connectivity index (χ4v) is 3.78. The van der Waals surface area contributed by atoms with E-state index >= 15 is 0 Å². The highest BCUT2D eigenvalue weighted by molar-refractivity contribution is 6.06. The highest BCUT2D eigenvalue weighted by Crippen LogP contribution is 2.37. The van der Waals surface area contributed by atoms with Crippen molar-refractivity contribution in [3.8, 4) is 5.75 Å². The number of benzene rings is 2. The van der Waals surface area contributed by atoms with Crippen LogP contribution in [0.1, 0.15) is 46.1 Å². The molecule has 2 N–H and O–H groups in total. The largest absolute Gasteiger partial charge is 0.492 e. The smallest absolute Gasteiger partial charge is 0.259 e. The summed E-state index contributed by atoms with van der Waals surface area (Å²) >= 11 is 0. The molecule has 33 heavy (non-hydrogen) atoms. The number of halogens is 2. The molecule has 1 aromatic heterocycles. The number of nitrogens with one attached hydrogen (secondary N) is 2. The van der Waals surface area contributed by atoms with E-state index in [2.05, 4.69) is 15.6 Å². The van der Waals surface area contributed by atoms with Crippen molar-refractivity contribution in [3.05, 3.63) is 88.7 Å². The lowest BCUT2D eigenvalue weighted by atomic mass is 9.96. The lowest BCUT2D eigenvalue weighted by Gasteiger charge is -2.28. The van der Waals surface area contributed by atoms with Gasteiger partial charge in [0.1, 0.15) is 17.4 Å². The summed E-state index contributed by atoms with van der Waals surface area (Å²) in [6.07, 6.45) is 2.71. The molecular weight excluding hydrogens is 428 g/mol. The maximum atomic E-state index is 14.8. The summed E-state index contributed by atoms with van der Waals surface area (Å²) in [7, 11) is 0. The molecule has 0 aliphatic carbocycles. The van der Waals surface area contributed by atoms with Crippen molar-refractivity contribution >= 4 is 17.5 Å². The number of amides is 2. The van der Waals surface area contributed by atoms with E-state index in [4.69, 9.17) is 4.74 Å². The Hall–Kier alpha value is -3.81. The van der Waals surface area contributed by atoms with Crippen molar-refractivity contribution in [1.82, 2.24) is 10.3 Å². The SMILES string of the molecule is Cc1cc(NC(=O)c2ccc(F)c3c2OCC[C@@H]3NC(=O)CCc2ccccn2)ccc1F.